The molecule has 0 aliphatic carbocycles. The standard InChI is InChI=1S/C20H24N4O/c1-22-7-4-10-24-17(19(25)21-20(22)24)13-14-11-15-5-2-8-23-9-3-6-16(12-14)18(15)23/h11-13H,2-10H2,1H3. The normalized spacial score (nSPS) is 23.7. The van der Waals surface area contributed by atoms with Gasteiger partial charge in [0.1, 0.15) is 5.70 Å². The van der Waals surface area contributed by atoms with E-state index < -0.39 is 0 Å². The van der Waals surface area contributed by atoms with Crippen LogP contribution in [0.3, 0.4) is 0 Å². The van der Waals surface area contributed by atoms with Crippen LogP contribution in [-0.2, 0) is 17.6 Å². The minimum Gasteiger partial charge on any atom is -0.371 e. The Morgan fingerprint density at radius 2 is 1.72 bits per heavy atom. The summed E-state index contributed by atoms with van der Waals surface area (Å²) < 4.78 is 0. The summed E-state index contributed by atoms with van der Waals surface area (Å²) >= 11 is 0. The number of fused-ring (bicyclic) bond motifs is 1. The van der Waals surface area contributed by atoms with E-state index in [0.29, 0.717) is 0 Å². The summed E-state index contributed by atoms with van der Waals surface area (Å²) in [5, 5.41) is 0. The van der Waals surface area contributed by atoms with Gasteiger partial charge in [-0.3, -0.25) is 4.79 Å². The lowest BCUT2D eigenvalue weighted by molar-refractivity contribution is -0.114. The maximum absolute atomic E-state index is 12.5. The summed E-state index contributed by atoms with van der Waals surface area (Å²) in [4.78, 5) is 23.5. The number of carbonyl (C=O) groups excluding carboxylic acids is 1. The zero-order valence-corrected chi connectivity index (χ0v) is 14.8. The number of hydrogen-bond donors (Lipinski definition) is 0. The molecule has 0 saturated carbocycles. The molecule has 5 nitrogen and oxygen atoms in total. The van der Waals surface area contributed by atoms with Crippen molar-refractivity contribution in [3.63, 3.8) is 0 Å². The van der Waals surface area contributed by atoms with Crippen molar-refractivity contribution in [2.45, 2.75) is 32.1 Å². The van der Waals surface area contributed by atoms with Gasteiger partial charge in [-0.15, -0.1) is 0 Å². The van der Waals surface area contributed by atoms with Gasteiger partial charge in [0, 0.05) is 38.9 Å². The quantitative estimate of drug-likeness (QED) is 0.738. The molecule has 1 aromatic rings. The maximum Gasteiger partial charge on any atom is 0.296 e. The molecule has 130 valence electrons. The van der Waals surface area contributed by atoms with Crippen LogP contribution < -0.4 is 4.90 Å². The number of benzene rings is 1. The summed E-state index contributed by atoms with van der Waals surface area (Å²) in [6.07, 6.45) is 7.88. The van der Waals surface area contributed by atoms with Crippen LogP contribution in [0.25, 0.3) is 6.08 Å². The second-order valence-corrected chi connectivity index (χ2v) is 7.56. The Morgan fingerprint density at radius 3 is 2.44 bits per heavy atom. The van der Waals surface area contributed by atoms with E-state index >= 15 is 0 Å². The highest BCUT2D eigenvalue weighted by Gasteiger charge is 2.34. The molecular formula is C20H24N4O. The number of hydrogen-bond acceptors (Lipinski definition) is 4. The third-order valence-corrected chi connectivity index (χ3v) is 5.83. The van der Waals surface area contributed by atoms with E-state index in [1.807, 2.05) is 7.05 Å². The molecule has 0 spiro atoms. The van der Waals surface area contributed by atoms with Crippen LogP contribution >= 0.6 is 0 Å². The molecule has 1 amide bonds. The van der Waals surface area contributed by atoms with Crippen LogP contribution in [0.5, 0.6) is 0 Å². The first-order valence-electron chi connectivity index (χ1n) is 9.45. The van der Waals surface area contributed by atoms with Gasteiger partial charge in [0.05, 0.1) is 0 Å². The molecule has 0 N–H and O–H groups in total. The molecule has 0 radical (unpaired) electrons. The molecular weight excluding hydrogens is 312 g/mol. The number of carbonyl (C=O) groups is 1. The lowest BCUT2D eigenvalue weighted by Gasteiger charge is -2.37. The van der Waals surface area contributed by atoms with Gasteiger partial charge < -0.3 is 14.7 Å². The summed E-state index contributed by atoms with van der Waals surface area (Å²) in [5.74, 6) is 0.713. The molecule has 0 atom stereocenters. The molecule has 4 aliphatic rings. The average molecular weight is 336 g/mol. The zero-order chi connectivity index (χ0) is 17.0. The number of guanidine groups is 1. The second-order valence-electron chi connectivity index (χ2n) is 7.56. The first-order valence-corrected chi connectivity index (χ1v) is 9.45. The van der Waals surface area contributed by atoms with Gasteiger partial charge in [-0.25, -0.2) is 0 Å². The van der Waals surface area contributed by atoms with E-state index in [2.05, 4.69) is 37.9 Å². The molecule has 0 unspecified atom stereocenters. The van der Waals surface area contributed by atoms with E-state index in [0.717, 1.165) is 49.6 Å². The Kier molecular flexibility index (Phi) is 3.37. The van der Waals surface area contributed by atoms with E-state index in [1.54, 1.807) is 0 Å². The molecule has 0 aromatic heterocycles. The fourth-order valence-corrected chi connectivity index (χ4v) is 4.72. The fraction of sp³-hybridized carbons (Fsp3) is 0.500. The number of nitrogens with zero attached hydrogens (tertiary/aromatic N) is 4. The van der Waals surface area contributed by atoms with Gasteiger partial charge >= 0.3 is 0 Å². The Hall–Kier alpha value is -2.30. The molecule has 5 heteroatoms. The van der Waals surface area contributed by atoms with Crippen molar-refractivity contribution in [2.75, 3.05) is 38.1 Å². The van der Waals surface area contributed by atoms with E-state index in [-0.39, 0.29) is 5.91 Å². The van der Waals surface area contributed by atoms with Gasteiger partial charge in [0.15, 0.2) is 0 Å². The Labute approximate surface area is 148 Å². The number of amides is 1. The average Bonchev–Trinajstić information content (AvgIpc) is 2.93. The van der Waals surface area contributed by atoms with Crippen LogP contribution in [0.1, 0.15) is 36.0 Å². The lowest BCUT2D eigenvalue weighted by atomic mass is 9.90. The first kappa shape index (κ1) is 15.0. The summed E-state index contributed by atoms with van der Waals surface area (Å²) in [7, 11) is 2.01. The topological polar surface area (TPSA) is 39.1 Å². The third kappa shape index (κ3) is 2.36. The molecule has 0 bridgehead atoms. The highest BCUT2D eigenvalue weighted by molar-refractivity contribution is 6.12. The predicted molar refractivity (Wildman–Crippen MR) is 99.7 cm³/mol. The van der Waals surface area contributed by atoms with Gasteiger partial charge in [-0.05, 0) is 67.0 Å². The Bertz CT molecular complexity index is 779. The Balaban J connectivity index is 1.54. The second kappa shape index (κ2) is 5.61. The summed E-state index contributed by atoms with van der Waals surface area (Å²) in [6.45, 7) is 4.23. The van der Waals surface area contributed by atoms with Gasteiger partial charge in [0.2, 0.25) is 5.96 Å². The van der Waals surface area contributed by atoms with E-state index in [1.165, 1.54) is 42.7 Å². The van der Waals surface area contributed by atoms with Gasteiger partial charge in [-0.2, -0.15) is 4.99 Å². The van der Waals surface area contributed by atoms with Crippen LogP contribution in [0.2, 0.25) is 0 Å². The van der Waals surface area contributed by atoms with Crippen molar-refractivity contribution in [1.82, 2.24) is 9.80 Å². The number of aryl methyl sites for hydroxylation is 2. The fourth-order valence-electron chi connectivity index (χ4n) is 4.72. The Morgan fingerprint density at radius 1 is 1.00 bits per heavy atom. The first-order chi connectivity index (χ1) is 12.2. The summed E-state index contributed by atoms with van der Waals surface area (Å²) in [5.41, 5.74) is 6.28. The number of anilines is 1. The zero-order valence-electron chi connectivity index (χ0n) is 14.8. The van der Waals surface area contributed by atoms with Crippen LogP contribution in [0.4, 0.5) is 5.69 Å². The van der Waals surface area contributed by atoms with Crippen molar-refractivity contribution in [3.05, 3.63) is 34.5 Å². The maximum atomic E-state index is 12.5. The molecule has 4 aliphatic heterocycles. The number of rotatable bonds is 1. The largest absolute Gasteiger partial charge is 0.371 e. The predicted octanol–water partition coefficient (Wildman–Crippen LogP) is 2.26. The molecule has 1 fully saturated rings. The minimum atomic E-state index is -0.100. The monoisotopic (exact) mass is 336 g/mol. The van der Waals surface area contributed by atoms with Crippen LogP contribution in [-0.4, -0.2) is 54.9 Å². The SMILES string of the molecule is CN1CCCN2C(=Cc3cc4c5c(c3)CCCN5CCC4)C(=O)N=C12. The molecule has 5 rings (SSSR count). The van der Waals surface area contributed by atoms with Crippen LogP contribution in [0, 0.1) is 0 Å². The highest BCUT2D eigenvalue weighted by Crippen LogP contribution is 2.37. The van der Waals surface area contributed by atoms with Crippen molar-refractivity contribution >= 4 is 23.6 Å². The van der Waals surface area contributed by atoms with Crippen LogP contribution in [0.15, 0.2) is 22.8 Å². The molecule has 1 aromatic carbocycles. The molecule has 1 saturated heterocycles. The molecule has 4 heterocycles. The number of aliphatic imine (C=N–C) groups is 1. The lowest BCUT2D eigenvalue weighted by Crippen LogP contribution is -2.45. The van der Waals surface area contributed by atoms with E-state index in [4.69, 9.17) is 0 Å². The third-order valence-electron chi connectivity index (χ3n) is 5.83. The van der Waals surface area contributed by atoms with Gasteiger partial charge in [-0.1, -0.05) is 0 Å². The van der Waals surface area contributed by atoms with Crippen molar-refractivity contribution in [3.8, 4) is 0 Å². The van der Waals surface area contributed by atoms with E-state index in [9.17, 15) is 4.79 Å². The van der Waals surface area contributed by atoms with Crippen molar-refractivity contribution in [2.24, 2.45) is 4.99 Å². The van der Waals surface area contributed by atoms with Gasteiger partial charge in [0.25, 0.3) is 5.91 Å². The van der Waals surface area contributed by atoms with Crippen molar-refractivity contribution < 1.29 is 4.79 Å². The minimum absolute atomic E-state index is 0.100. The highest BCUT2D eigenvalue weighted by atomic mass is 16.2. The smallest absolute Gasteiger partial charge is 0.296 e. The van der Waals surface area contributed by atoms with Crippen molar-refractivity contribution in [1.29, 1.82) is 0 Å². The summed E-state index contributed by atoms with van der Waals surface area (Å²) in [6, 6.07) is 4.59. The molecule has 25 heavy (non-hydrogen) atoms.